The summed E-state index contributed by atoms with van der Waals surface area (Å²) in [6, 6.07) is 47.0. The van der Waals surface area contributed by atoms with Gasteiger partial charge >= 0.3 is 23.1 Å². The average molecular weight is 657 g/mol. The van der Waals surface area contributed by atoms with E-state index in [1.165, 1.54) is 0 Å². The van der Waals surface area contributed by atoms with Crippen LogP contribution in [0.15, 0.2) is 140 Å². The summed E-state index contributed by atoms with van der Waals surface area (Å²) < 4.78 is 0. The van der Waals surface area contributed by atoms with Crippen LogP contribution in [0.25, 0.3) is 90.9 Å². The number of phenols is 1. The van der Waals surface area contributed by atoms with Crippen LogP contribution in [0.2, 0.25) is 0 Å². The lowest BCUT2D eigenvalue weighted by Crippen LogP contribution is -1.89. The lowest BCUT2D eigenvalue weighted by atomic mass is 10.0. The number of nitrogens with one attached hydrogen (secondary N) is 2. The van der Waals surface area contributed by atoms with Crippen molar-refractivity contribution < 1.29 is 5.11 Å². The zero-order chi connectivity index (χ0) is 32.7. The molecule has 6 heteroatoms. The largest absolute Gasteiger partial charge is 0.508 e. The second-order valence-electron chi connectivity index (χ2n) is 12.1. The van der Waals surface area contributed by atoms with Crippen LogP contribution in [0.3, 0.4) is 0 Å². The van der Waals surface area contributed by atoms with Crippen LogP contribution in [0.4, 0.5) is 0 Å². The maximum atomic E-state index is 10.2. The molecule has 0 radical (unpaired) electrons. The molecule has 3 N–H and O–H groups in total. The summed E-state index contributed by atoms with van der Waals surface area (Å²) in [5.74, 6) is 0.215. The average Bonchev–Trinajstić information content (AvgIpc) is 3.98. The molecule has 5 heterocycles. The van der Waals surface area contributed by atoms with Gasteiger partial charge in [0.25, 0.3) is 0 Å². The number of rotatable bonds is 4. The highest BCUT2D eigenvalue weighted by molar-refractivity contribution is 5.99. The molecule has 4 aromatic carbocycles. The van der Waals surface area contributed by atoms with Gasteiger partial charge in [-0.1, -0.05) is 103 Å². The highest BCUT2D eigenvalue weighted by Crippen LogP contribution is 2.38. The molecular formula is C44H32MgN4O. The van der Waals surface area contributed by atoms with Gasteiger partial charge in [-0.2, -0.15) is 0 Å². The summed E-state index contributed by atoms with van der Waals surface area (Å²) in [6.07, 6.45) is 8.40. The molecule has 0 saturated carbocycles. The number of benzene rings is 4. The van der Waals surface area contributed by atoms with Gasteiger partial charge in [0, 0.05) is 44.3 Å². The van der Waals surface area contributed by atoms with Crippen LogP contribution in [0.5, 0.6) is 5.75 Å². The molecule has 9 rings (SSSR count). The van der Waals surface area contributed by atoms with Crippen LogP contribution in [-0.4, -0.2) is 48.1 Å². The number of hydrogen-bond donors (Lipinski definition) is 3. The lowest BCUT2D eigenvalue weighted by molar-refractivity contribution is 0.475. The monoisotopic (exact) mass is 656 g/mol. The molecule has 50 heavy (non-hydrogen) atoms. The molecular weight excluding hydrogens is 625 g/mol. The van der Waals surface area contributed by atoms with Crippen molar-refractivity contribution in [1.82, 2.24) is 19.9 Å². The van der Waals surface area contributed by atoms with Gasteiger partial charge < -0.3 is 15.1 Å². The van der Waals surface area contributed by atoms with E-state index in [4.69, 9.17) is 9.97 Å². The number of aromatic hydroxyl groups is 1. The van der Waals surface area contributed by atoms with Gasteiger partial charge in [-0.05, 0) is 83.0 Å². The minimum Gasteiger partial charge on any atom is -0.508 e. The number of fused-ring (bicyclic) bond motifs is 8. The summed E-state index contributed by atoms with van der Waals surface area (Å²) >= 11 is 0. The van der Waals surface area contributed by atoms with Crippen LogP contribution in [0, 0.1) is 0 Å². The molecule has 7 aromatic rings. The Balaban J connectivity index is 0.00000361. The van der Waals surface area contributed by atoms with Gasteiger partial charge in [-0.15, -0.1) is 0 Å². The first-order valence-electron chi connectivity index (χ1n) is 16.3. The van der Waals surface area contributed by atoms with Crippen molar-refractivity contribution >= 4 is 69.4 Å². The number of hydrogen-bond acceptors (Lipinski definition) is 3. The van der Waals surface area contributed by atoms with E-state index in [1.807, 2.05) is 30.3 Å². The first-order valence-corrected chi connectivity index (χ1v) is 16.3. The normalized spacial score (nSPS) is 11.8. The zero-order valence-corrected chi connectivity index (χ0v) is 26.4. The van der Waals surface area contributed by atoms with Crippen molar-refractivity contribution in [2.75, 3.05) is 0 Å². The second-order valence-corrected chi connectivity index (χ2v) is 12.1. The predicted molar refractivity (Wildman–Crippen MR) is 211 cm³/mol. The Morgan fingerprint density at radius 3 is 0.920 bits per heavy atom. The Labute approximate surface area is 305 Å². The number of phenolic OH excluding ortho intramolecular Hbond substituents is 1. The third-order valence-electron chi connectivity index (χ3n) is 9.10. The third kappa shape index (κ3) is 5.64. The molecule has 236 valence electrons. The predicted octanol–water partition coefficient (Wildman–Crippen LogP) is 10.1. The molecule has 0 spiro atoms. The lowest BCUT2D eigenvalue weighted by Gasteiger charge is -2.07. The summed E-state index contributed by atoms with van der Waals surface area (Å²) in [6.45, 7) is 0. The first-order chi connectivity index (χ1) is 24.2. The van der Waals surface area contributed by atoms with E-state index in [-0.39, 0.29) is 28.8 Å². The Kier molecular flexibility index (Phi) is 8.24. The highest BCUT2D eigenvalue weighted by atomic mass is 24.3. The van der Waals surface area contributed by atoms with Crippen LogP contribution < -0.4 is 0 Å². The summed E-state index contributed by atoms with van der Waals surface area (Å²) in [5, 5.41) is 10.2. The Hall–Kier alpha value is -5.95. The molecule has 0 fully saturated rings. The molecule has 0 aliphatic carbocycles. The fourth-order valence-corrected chi connectivity index (χ4v) is 6.86. The fraction of sp³-hybridized carbons (Fsp3) is 0. The molecule has 0 saturated heterocycles. The van der Waals surface area contributed by atoms with E-state index in [2.05, 4.69) is 131 Å². The molecule has 0 atom stereocenters. The smallest absolute Gasteiger partial charge is 0.316 e. The molecule has 8 bridgehead atoms. The summed E-state index contributed by atoms with van der Waals surface area (Å²) in [4.78, 5) is 18.2. The Morgan fingerprint density at radius 1 is 0.340 bits per heavy atom. The number of aromatic nitrogens is 4. The van der Waals surface area contributed by atoms with Crippen molar-refractivity contribution in [2.24, 2.45) is 0 Å². The summed E-state index contributed by atoms with van der Waals surface area (Å²) in [5.41, 5.74) is 15.3. The van der Waals surface area contributed by atoms with E-state index in [0.717, 1.165) is 89.4 Å². The highest BCUT2D eigenvalue weighted by Gasteiger charge is 2.18. The Morgan fingerprint density at radius 2 is 0.620 bits per heavy atom. The number of H-pyrrole nitrogens is 2. The number of nitrogens with zero attached hydrogens (tertiary/aromatic N) is 2. The maximum Gasteiger partial charge on any atom is 0.316 e. The van der Waals surface area contributed by atoms with Crippen LogP contribution in [0.1, 0.15) is 22.8 Å². The third-order valence-corrected chi connectivity index (χ3v) is 9.10. The molecule has 2 aliphatic rings. The summed E-state index contributed by atoms with van der Waals surface area (Å²) in [7, 11) is 0. The molecule has 2 aliphatic heterocycles. The molecule has 0 amide bonds. The molecule has 3 aromatic heterocycles. The van der Waals surface area contributed by atoms with Gasteiger partial charge in [0.1, 0.15) is 5.75 Å². The van der Waals surface area contributed by atoms with E-state index < -0.39 is 0 Å². The van der Waals surface area contributed by atoms with E-state index in [1.54, 1.807) is 12.1 Å². The van der Waals surface area contributed by atoms with Gasteiger partial charge in [0.15, 0.2) is 0 Å². The standard InChI is InChI=1S/C44H30N4O.Mg.2H/c49-32-18-16-31(17-19-32)44-39-26-24-37(47-39)42(29-12-6-2-7-13-29)35-22-20-33(45-35)41(28-10-4-1-5-11-28)34-21-23-36(46-34)43(30-14-8-3-9-15-30)38-25-27-40(44)48-38;;;/h1-27,45,48-49H;;;. The van der Waals surface area contributed by atoms with E-state index in [9.17, 15) is 5.11 Å². The van der Waals surface area contributed by atoms with Crippen molar-refractivity contribution in [2.45, 2.75) is 0 Å². The minimum absolute atomic E-state index is 0. The molecule has 5 nitrogen and oxygen atoms in total. The molecule has 0 unspecified atom stereocenters. The second kappa shape index (κ2) is 13.2. The van der Waals surface area contributed by atoms with Crippen molar-refractivity contribution in [3.8, 4) is 50.3 Å². The van der Waals surface area contributed by atoms with E-state index >= 15 is 0 Å². The minimum atomic E-state index is 0. The van der Waals surface area contributed by atoms with Gasteiger partial charge in [0.2, 0.25) is 0 Å². The zero-order valence-electron chi connectivity index (χ0n) is 26.4. The van der Waals surface area contributed by atoms with Crippen molar-refractivity contribution in [1.29, 1.82) is 0 Å². The fourth-order valence-electron chi connectivity index (χ4n) is 6.86. The maximum absolute atomic E-state index is 10.2. The van der Waals surface area contributed by atoms with Gasteiger partial charge in [0.05, 0.1) is 22.8 Å². The number of aromatic amines is 2. The van der Waals surface area contributed by atoms with Crippen molar-refractivity contribution in [3.05, 3.63) is 162 Å². The van der Waals surface area contributed by atoms with Gasteiger partial charge in [-0.3, -0.25) is 0 Å². The van der Waals surface area contributed by atoms with Crippen molar-refractivity contribution in [3.63, 3.8) is 0 Å². The van der Waals surface area contributed by atoms with E-state index in [0.29, 0.717) is 0 Å². The SMILES string of the molecule is Oc1ccc(-c2c3nc(c(-c4ccccc4)c4ccc([nH]4)c(-c4ccccc4)c4nc(c(-c5ccccc5)c5ccc2[nH]5)C=C4)C=C3)cc1.[MgH2]. The topological polar surface area (TPSA) is 77.6 Å². The Bertz CT molecular complexity index is 2550. The quantitative estimate of drug-likeness (QED) is 0.165. The first kappa shape index (κ1) is 31.3. The van der Waals surface area contributed by atoms with Gasteiger partial charge in [-0.25, -0.2) is 9.97 Å². The van der Waals surface area contributed by atoms with Crippen LogP contribution >= 0.6 is 0 Å². The van der Waals surface area contributed by atoms with Crippen LogP contribution in [-0.2, 0) is 0 Å².